The van der Waals surface area contributed by atoms with Gasteiger partial charge in [0, 0.05) is 18.5 Å². The number of ketones is 1. The third-order valence-corrected chi connectivity index (χ3v) is 2.55. The van der Waals surface area contributed by atoms with Crippen LogP contribution in [0.15, 0.2) is 36.7 Å². The van der Waals surface area contributed by atoms with Crippen molar-refractivity contribution in [1.82, 2.24) is 19.9 Å². The Hall–Kier alpha value is -3.51. The number of allylic oxidation sites excluding steroid dienone is 2. The Morgan fingerprint density at radius 2 is 1.50 bits per heavy atom. The summed E-state index contributed by atoms with van der Waals surface area (Å²) < 4.78 is 79.8. The molecule has 2 aromatic rings. The summed E-state index contributed by atoms with van der Waals surface area (Å²) in [6.45, 7) is 0. The molecule has 0 saturated heterocycles. The second kappa shape index (κ2) is 8.45. The molecule has 28 heavy (non-hydrogen) atoms. The monoisotopic (exact) mass is 406 g/mol. The number of aromatic nitrogens is 4. The Balaban J connectivity index is 2.02. The van der Waals surface area contributed by atoms with Gasteiger partial charge in [-0.1, -0.05) is 0 Å². The van der Waals surface area contributed by atoms with E-state index < -0.39 is 30.4 Å². The fraction of sp³-hybridized carbons (Fsp3) is 0.133. The van der Waals surface area contributed by atoms with Crippen LogP contribution in [0, 0.1) is 0 Å². The van der Waals surface area contributed by atoms with Gasteiger partial charge in [-0.25, -0.2) is 9.97 Å². The van der Waals surface area contributed by atoms with E-state index in [-0.39, 0.29) is 11.5 Å². The van der Waals surface area contributed by atoms with E-state index in [9.17, 15) is 31.1 Å². The average Bonchev–Trinajstić information content (AvgIpc) is 2.56. The Bertz CT molecular complexity index is 824. The summed E-state index contributed by atoms with van der Waals surface area (Å²) in [5, 5.41) is 0. The smallest absolute Gasteiger partial charge is 0.388 e. The number of hydrogen-bond acceptors (Lipinski definition) is 7. The number of halogens is 6. The molecule has 0 spiro atoms. The standard InChI is InChI=1S/C15H8F6N4O3/c16-14(17,18)27-12-6-8-22-11(25-12)4-3-10(26)2-1-9-5-7-23-13(24-9)28-15(19,20)21/h1-8H. The lowest BCUT2D eigenvalue weighted by atomic mass is 10.3. The van der Waals surface area contributed by atoms with Crippen LogP contribution in [0.2, 0.25) is 0 Å². The molecule has 0 saturated carbocycles. The molecule has 2 rings (SSSR count). The lowest BCUT2D eigenvalue weighted by Crippen LogP contribution is -2.18. The molecule has 0 amide bonds. The van der Waals surface area contributed by atoms with Crippen LogP contribution in [-0.2, 0) is 4.79 Å². The molecule has 0 fully saturated rings. The minimum Gasteiger partial charge on any atom is -0.388 e. The zero-order valence-electron chi connectivity index (χ0n) is 13.4. The van der Waals surface area contributed by atoms with Gasteiger partial charge in [0.1, 0.15) is 0 Å². The normalized spacial score (nSPS) is 12.5. The van der Waals surface area contributed by atoms with Gasteiger partial charge in [-0.3, -0.25) is 4.79 Å². The Labute approximate surface area is 152 Å². The highest BCUT2D eigenvalue weighted by Crippen LogP contribution is 2.20. The molecule has 0 aliphatic rings. The highest BCUT2D eigenvalue weighted by atomic mass is 19.4. The molecule has 0 unspecified atom stereocenters. The molecule has 7 nitrogen and oxygen atoms in total. The Morgan fingerprint density at radius 1 is 0.857 bits per heavy atom. The molecule has 0 N–H and O–H groups in total. The molecular weight excluding hydrogens is 398 g/mol. The number of nitrogens with zero attached hydrogens (tertiary/aromatic N) is 4. The second-order valence-electron chi connectivity index (χ2n) is 4.68. The van der Waals surface area contributed by atoms with Crippen molar-refractivity contribution in [3.05, 3.63) is 48.2 Å². The fourth-order valence-corrected chi connectivity index (χ4v) is 1.59. The first-order valence-corrected chi connectivity index (χ1v) is 7.08. The van der Waals surface area contributed by atoms with Crippen LogP contribution in [0.4, 0.5) is 26.3 Å². The predicted molar refractivity (Wildman–Crippen MR) is 80.5 cm³/mol. The SMILES string of the molecule is O=C(C=Cc1ccnc(OC(F)(F)F)n1)C=Cc1nccc(OC(F)(F)F)n1. The minimum atomic E-state index is -4.97. The van der Waals surface area contributed by atoms with Crippen molar-refractivity contribution in [2.45, 2.75) is 12.7 Å². The van der Waals surface area contributed by atoms with E-state index in [0.29, 0.717) is 0 Å². The van der Waals surface area contributed by atoms with E-state index in [0.717, 1.165) is 42.8 Å². The maximum absolute atomic E-state index is 12.1. The summed E-state index contributed by atoms with van der Waals surface area (Å²) in [6.07, 6.45) is -3.92. The summed E-state index contributed by atoms with van der Waals surface area (Å²) in [5.41, 5.74) is -0.0483. The van der Waals surface area contributed by atoms with Crippen LogP contribution in [0.5, 0.6) is 11.9 Å². The fourth-order valence-electron chi connectivity index (χ4n) is 1.59. The molecule has 0 aliphatic carbocycles. The van der Waals surface area contributed by atoms with Crippen LogP contribution in [-0.4, -0.2) is 38.4 Å². The largest absolute Gasteiger partial charge is 0.575 e. The molecule has 0 radical (unpaired) electrons. The zero-order chi connectivity index (χ0) is 20.8. The maximum Gasteiger partial charge on any atom is 0.575 e. The molecule has 2 aromatic heterocycles. The lowest BCUT2D eigenvalue weighted by Gasteiger charge is -2.07. The van der Waals surface area contributed by atoms with Crippen molar-refractivity contribution in [3.63, 3.8) is 0 Å². The molecule has 0 atom stereocenters. The number of alkyl halides is 6. The molecule has 13 heteroatoms. The van der Waals surface area contributed by atoms with Gasteiger partial charge in [0.05, 0.1) is 5.69 Å². The first kappa shape index (κ1) is 20.8. The molecule has 0 aliphatic heterocycles. The summed E-state index contributed by atoms with van der Waals surface area (Å²) in [4.78, 5) is 25.5. The summed E-state index contributed by atoms with van der Waals surface area (Å²) in [5.74, 6) is -1.66. The van der Waals surface area contributed by atoms with Crippen LogP contribution in [0.3, 0.4) is 0 Å². The van der Waals surface area contributed by atoms with Gasteiger partial charge in [-0.2, -0.15) is 9.97 Å². The number of carbonyl (C=O) groups excluding carboxylic acids is 1. The highest BCUT2D eigenvalue weighted by Gasteiger charge is 2.32. The Kier molecular flexibility index (Phi) is 6.28. The van der Waals surface area contributed by atoms with Gasteiger partial charge < -0.3 is 9.47 Å². The molecular formula is C15H8F6N4O3. The number of hydrogen-bond donors (Lipinski definition) is 0. The van der Waals surface area contributed by atoms with Gasteiger partial charge >= 0.3 is 18.7 Å². The van der Waals surface area contributed by atoms with E-state index in [2.05, 4.69) is 29.4 Å². The van der Waals surface area contributed by atoms with Crippen LogP contribution in [0.1, 0.15) is 11.5 Å². The number of carbonyl (C=O) groups is 1. The van der Waals surface area contributed by atoms with E-state index in [4.69, 9.17) is 0 Å². The topological polar surface area (TPSA) is 87.1 Å². The van der Waals surface area contributed by atoms with E-state index in [1.807, 2.05) is 0 Å². The van der Waals surface area contributed by atoms with Gasteiger partial charge in [-0.05, 0) is 30.4 Å². The second-order valence-corrected chi connectivity index (χ2v) is 4.68. The predicted octanol–water partition coefficient (Wildman–Crippen LogP) is 3.36. The summed E-state index contributed by atoms with van der Waals surface area (Å²) in [6, 6.07) is 1.15. The van der Waals surface area contributed by atoms with Crippen LogP contribution >= 0.6 is 0 Å². The van der Waals surface area contributed by atoms with Crippen molar-refractivity contribution in [3.8, 4) is 11.9 Å². The number of rotatable bonds is 6. The van der Waals surface area contributed by atoms with E-state index >= 15 is 0 Å². The summed E-state index contributed by atoms with van der Waals surface area (Å²) >= 11 is 0. The first-order chi connectivity index (χ1) is 13.0. The average molecular weight is 406 g/mol. The molecule has 0 aromatic carbocycles. The molecule has 0 bridgehead atoms. The van der Waals surface area contributed by atoms with E-state index in [1.54, 1.807) is 0 Å². The van der Waals surface area contributed by atoms with Crippen molar-refractivity contribution in [1.29, 1.82) is 0 Å². The van der Waals surface area contributed by atoms with E-state index in [1.165, 1.54) is 6.07 Å². The summed E-state index contributed by atoms with van der Waals surface area (Å²) in [7, 11) is 0. The van der Waals surface area contributed by atoms with Crippen LogP contribution in [0.25, 0.3) is 12.2 Å². The van der Waals surface area contributed by atoms with Gasteiger partial charge in [0.2, 0.25) is 5.88 Å². The number of ether oxygens (including phenoxy) is 2. The Morgan fingerprint density at radius 3 is 2.18 bits per heavy atom. The third-order valence-electron chi connectivity index (χ3n) is 2.55. The molecule has 148 valence electrons. The van der Waals surface area contributed by atoms with Crippen LogP contribution < -0.4 is 9.47 Å². The third kappa shape index (κ3) is 7.80. The zero-order valence-corrected chi connectivity index (χ0v) is 13.4. The van der Waals surface area contributed by atoms with Gasteiger partial charge in [-0.15, -0.1) is 26.3 Å². The van der Waals surface area contributed by atoms with Crippen molar-refractivity contribution in [2.75, 3.05) is 0 Å². The van der Waals surface area contributed by atoms with Gasteiger partial charge in [0.25, 0.3) is 0 Å². The quantitative estimate of drug-likeness (QED) is 0.537. The van der Waals surface area contributed by atoms with Crippen molar-refractivity contribution in [2.24, 2.45) is 0 Å². The van der Waals surface area contributed by atoms with Crippen molar-refractivity contribution >= 4 is 17.9 Å². The van der Waals surface area contributed by atoms with Crippen molar-refractivity contribution < 1.29 is 40.6 Å². The highest BCUT2D eigenvalue weighted by molar-refractivity contribution is 6.04. The van der Waals surface area contributed by atoms with Gasteiger partial charge in [0.15, 0.2) is 11.6 Å². The minimum absolute atomic E-state index is 0.0483. The first-order valence-electron chi connectivity index (χ1n) is 7.08. The molecule has 2 heterocycles. The maximum atomic E-state index is 12.1. The lowest BCUT2D eigenvalue weighted by molar-refractivity contribution is -0.278.